The Balaban J connectivity index is 2.24. The molecule has 3 nitrogen and oxygen atoms in total. The molecule has 0 unspecified atom stereocenters. The number of aryl methyl sites for hydroxylation is 2. The van der Waals surface area contributed by atoms with Gasteiger partial charge < -0.3 is 4.74 Å². The van der Waals surface area contributed by atoms with E-state index in [1.54, 1.807) is 7.11 Å². The molecule has 0 amide bonds. The summed E-state index contributed by atoms with van der Waals surface area (Å²) in [7, 11) is 1.62. The summed E-state index contributed by atoms with van der Waals surface area (Å²) >= 11 is 1.45. The van der Waals surface area contributed by atoms with E-state index in [-0.39, 0.29) is 5.78 Å². The first-order valence-corrected chi connectivity index (χ1v) is 6.52. The van der Waals surface area contributed by atoms with Gasteiger partial charge in [-0.25, -0.2) is 4.98 Å². The minimum Gasteiger partial charge on any atom is -0.496 e. The minimum atomic E-state index is 0.0996. The number of carbonyl (C=O) groups is 1. The van der Waals surface area contributed by atoms with Gasteiger partial charge >= 0.3 is 0 Å². The Labute approximate surface area is 110 Å². The van der Waals surface area contributed by atoms with Gasteiger partial charge in [-0.05, 0) is 19.9 Å². The first kappa shape index (κ1) is 12.8. The van der Waals surface area contributed by atoms with Crippen molar-refractivity contribution in [2.75, 3.05) is 7.11 Å². The van der Waals surface area contributed by atoms with E-state index in [0.717, 1.165) is 26.9 Å². The third-order valence-corrected chi connectivity index (χ3v) is 3.81. The van der Waals surface area contributed by atoms with Crippen LogP contribution in [-0.4, -0.2) is 17.9 Å². The molecular weight excluding hydrogens is 246 g/mol. The molecule has 0 N–H and O–H groups in total. The van der Waals surface area contributed by atoms with Gasteiger partial charge in [0.2, 0.25) is 0 Å². The fraction of sp³-hybridized carbons (Fsp3) is 0.286. The third-order valence-electron chi connectivity index (χ3n) is 2.70. The van der Waals surface area contributed by atoms with Crippen LogP contribution in [-0.2, 0) is 6.42 Å². The summed E-state index contributed by atoms with van der Waals surface area (Å²) in [5.41, 5.74) is 1.73. The van der Waals surface area contributed by atoms with E-state index >= 15 is 0 Å². The molecule has 0 atom stereocenters. The molecule has 0 saturated heterocycles. The van der Waals surface area contributed by atoms with Crippen molar-refractivity contribution in [3.63, 3.8) is 0 Å². The molecule has 1 aromatic carbocycles. The van der Waals surface area contributed by atoms with Crippen LogP contribution in [0.15, 0.2) is 24.3 Å². The molecule has 94 valence electrons. The maximum atomic E-state index is 12.2. The van der Waals surface area contributed by atoms with E-state index in [1.807, 2.05) is 38.1 Å². The summed E-state index contributed by atoms with van der Waals surface area (Å²) < 4.78 is 5.25. The number of ether oxygens (including phenoxy) is 1. The average molecular weight is 261 g/mol. The van der Waals surface area contributed by atoms with Crippen LogP contribution in [0.3, 0.4) is 0 Å². The molecule has 0 fully saturated rings. The summed E-state index contributed by atoms with van der Waals surface area (Å²) in [4.78, 5) is 17.3. The zero-order valence-electron chi connectivity index (χ0n) is 10.7. The highest BCUT2D eigenvalue weighted by Gasteiger charge is 2.15. The van der Waals surface area contributed by atoms with Gasteiger partial charge in [0.05, 0.1) is 22.7 Å². The van der Waals surface area contributed by atoms with E-state index in [1.165, 1.54) is 11.3 Å². The minimum absolute atomic E-state index is 0.0996. The first-order valence-electron chi connectivity index (χ1n) is 5.71. The highest BCUT2D eigenvalue weighted by atomic mass is 32.1. The normalized spacial score (nSPS) is 10.4. The molecule has 2 rings (SSSR count). The molecule has 1 aromatic heterocycles. The van der Waals surface area contributed by atoms with Crippen LogP contribution in [0.1, 0.15) is 25.9 Å². The Kier molecular flexibility index (Phi) is 3.77. The zero-order valence-corrected chi connectivity index (χ0v) is 11.5. The van der Waals surface area contributed by atoms with E-state index in [2.05, 4.69) is 4.98 Å². The number of hydrogen-bond acceptors (Lipinski definition) is 4. The largest absolute Gasteiger partial charge is 0.496 e. The Bertz CT molecular complexity index is 575. The number of hydrogen-bond donors (Lipinski definition) is 0. The summed E-state index contributed by atoms with van der Waals surface area (Å²) in [6.07, 6.45) is 0.354. The van der Waals surface area contributed by atoms with Crippen LogP contribution in [0.2, 0.25) is 0 Å². The van der Waals surface area contributed by atoms with Gasteiger partial charge in [0.25, 0.3) is 0 Å². The number of Topliss-reactive ketones (excluding diaryl/α,β-unsaturated/α-hetero) is 1. The van der Waals surface area contributed by atoms with Crippen molar-refractivity contribution in [1.82, 2.24) is 4.98 Å². The Morgan fingerprint density at radius 2 is 2.06 bits per heavy atom. The standard InChI is InChI=1S/C14H15NO2S/c1-9-14(18-10(2)15-9)12(16)8-11-6-4-5-7-13(11)17-3/h4-7H,8H2,1-3H3. The number of aromatic nitrogens is 1. The van der Waals surface area contributed by atoms with Crippen LogP contribution in [0, 0.1) is 13.8 Å². The van der Waals surface area contributed by atoms with E-state index in [4.69, 9.17) is 4.74 Å². The second kappa shape index (κ2) is 5.31. The first-order chi connectivity index (χ1) is 8.61. The summed E-state index contributed by atoms with van der Waals surface area (Å²) in [5, 5.41) is 0.927. The number of rotatable bonds is 4. The molecule has 0 bridgehead atoms. The second-order valence-electron chi connectivity index (χ2n) is 4.06. The van der Waals surface area contributed by atoms with Gasteiger partial charge in [0.1, 0.15) is 5.75 Å². The summed E-state index contributed by atoms with van der Waals surface area (Å²) in [5.74, 6) is 0.854. The molecule has 1 heterocycles. The smallest absolute Gasteiger partial charge is 0.179 e. The van der Waals surface area contributed by atoms with E-state index in [9.17, 15) is 4.79 Å². The lowest BCUT2D eigenvalue weighted by Gasteiger charge is -2.06. The number of ketones is 1. The van der Waals surface area contributed by atoms with Crippen molar-refractivity contribution in [3.8, 4) is 5.75 Å². The summed E-state index contributed by atoms with van der Waals surface area (Å²) in [6.45, 7) is 3.79. The molecule has 2 aromatic rings. The second-order valence-corrected chi connectivity index (χ2v) is 5.26. The monoisotopic (exact) mass is 261 g/mol. The molecule has 0 radical (unpaired) electrons. The van der Waals surface area contributed by atoms with Crippen molar-refractivity contribution in [2.45, 2.75) is 20.3 Å². The van der Waals surface area contributed by atoms with Gasteiger partial charge in [-0.2, -0.15) is 0 Å². The van der Waals surface area contributed by atoms with Crippen LogP contribution < -0.4 is 4.74 Å². The van der Waals surface area contributed by atoms with Crippen LogP contribution in [0.25, 0.3) is 0 Å². The molecule has 0 spiro atoms. The van der Waals surface area contributed by atoms with Gasteiger partial charge in [0.15, 0.2) is 5.78 Å². The molecule has 0 aliphatic heterocycles. The molecule has 0 saturated carbocycles. The average Bonchev–Trinajstić information content (AvgIpc) is 2.69. The molecular formula is C14H15NO2S. The molecule has 18 heavy (non-hydrogen) atoms. The number of methoxy groups -OCH3 is 1. The van der Waals surface area contributed by atoms with Gasteiger partial charge in [-0.15, -0.1) is 11.3 Å². The predicted octanol–water partition coefficient (Wildman–Crippen LogP) is 3.19. The lowest BCUT2D eigenvalue weighted by molar-refractivity contribution is 0.0995. The predicted molar refractivity (Wildman–Crippen MR) is 72.6 cm³/mol. The highest BCUT2D eigenvalue weighted by molar-refractivity contribution is 7.13. The van der Waals surface area contributed by atoms with Crippen LogP contribution >= 0.6 is 11.3 Å². The number of nitrogens with zero attached hydrogens (tertiary/aromatic N) is 1. The van der Waals surface area contributed by atoms with Gasteiger partial charge in [0, 0.05) is 12.0 Å². The van der Waals surface area contributed by atoms with Crippen molar-refractivity contribution in [1.29, 1.82) is 0 Å². The van der Waals surface area contributed by atoms with Crippen molar-refractivity contribution < 1.29 is 9.53 Å². The van der Waals surface area contributed by atoms with E-state index < -0.39 is 0 Å². The Hall–Kier alpha value is -1.68. The van der Waals surface area contributed by atoms with Crippen LogP contribution in [0.5, 0.6) is 5.75 Å². The van der Waals surface area contributed by atoms with Gasteiger partial charge in [-0.3, -0.25) is 4.79 Å². The maximum Gasteiger partial charge on any atom is 0.179 e. The quantitative estimate of drug-likeness (QED) is 0.793. The maximum absolute atomic E-state index is 12.2. The number of para-hydroxylation sites is 1. The fourth-order valence-electron chi connectivity index (χ4n) is 1.89. The van der Waals surface area contributed by atoms with Gasteiger partial charge in [-0.1, -0.05) is 18.2 Å². The topological polar surface area (TPSA) is 39.2 Å². The van der Waals surface area contributed by atoms with Crippen molar-refractivity contribution >= 4 is 17.1 Å². The number of carbonyl (C=O) groups excluding carboxylic acids is 1. The lowest BCUT2D eigenvalue weighted by atomic mass is 10.1. The van der Waals surface area contributed by atoms with E-state index in [0.29, 0.717) is 6.42 Å². The fourth-order valence-corrected chi connectivity index (χ4v) is 2.75. The van der Waals surface area contributed by atoms with Crippen molar-refractivity contribution in [3.05, 3.63) is 45.4 Å². The molecule has 0 aliphatic rings. The molecule has 0 aliphatic carbocycles. The summed E-state index contributed by atoms with van der Waals surface area (Å²) in [6, 6.07) is 7.60. The lowest BCUT2D eigenvalue weighted by Crippen LogP contribution is -2.04. The SMILES string of the molecule is COc1ccccc1CC(=O)c1sc(C)nc1C. The zero-order chi connectivity index (χ0) is 13.1. The van der Waals surface area contributed by atoms with Crippen LogP contribution in [0.4, 0.5) is 0 Å². The number of thiazole rings is 1. The highest BCUT2D eigenvalue weighted by Crippen LogP contribution is 2.23. The molecule has 4 heteroatoms. The Morgan fingerprint density at radius 3 is 2.67 bits per heavy atom. The number of benzene rings is 1. The Morgan fingerprint density at radius 1 is 1.33 bits per heavy atom. The third kappa shape index (κ3) is 2.59. The van der Waals surface area contributed by atoms with Crippen molar-refractivity contribution in [2.24, 2.45) is 0 Å².